The number of rotatable bonds is 3. The van der Waals surface area contributed by atoms with Crippen LogP contribution in [0.1, 0.15) is 11.4 Å². The monoisotopic (exact) mass is 220 g/mol. The Morgan fingerprint density at radius 3 is 3.00 bits per heavy atom. The van der Waals surface area contributed by atoms with Gasteiger partial charge in [0.2, 0.25) is 5.91 Å². The number of nitrogens with zero attached hydrogens (tertiary/aromatic N) is 1. The van der Waals surface area contributed by atoms with Crippen LogP contribution in [0.4, 0.5) is 0 Å². The number of hydrogen-bond acceptors (Lipinski definition) is 3. The highest BCUT2D eigenvalue weighted by atomic mass is 32.1. The van der Waals surface area contributed by atoms with Gasteiger partial charge in [0.05, 0.1) is 15.2 Å². The molecule has 0 aliphatic rings. The van der Waals surface area contributed by atoms with E-state index in [4.69, 9.17) is 0 Å². The number of fused-ring (bicyclic) bond motifs is 1. The third-order valence-electron chi connectivity index (χ3n) is 2.18. The van der Waals surface area contributed by atoms with E-state index < -0.39 is 0 Å². The number of amides is 1. The molecule has 0 fully saturated rings. The van der Waals surface area contributed by atoms with Crippen LogP contribution in [-0.4, -0.2) is 17.9 Å². The zero-order valence-electron chi connectivity index (χ0n) is 8.49. The minimum Gasteiger partial charge on any atom is -0.359 e. The fourth-order valence-electron chi connectivity index (χ4n) is 1.37. The van der Waals surface area contributed by atoms with Gasteiger partial charge in [0.25, 0.3) is 0 Å². The van der Waals surface area contributed by atoms with Crippen molar-refractivity contribution in [3.8, 4) is 0 Å². The number of carbonyl (C=O) groups is 1. The van der Waals surface area contributed by atoms with Gasteiger partial charge >= 0.3 is 0 Å². The standard InChI is InChI=1S/C11H12N2OS/c1-12-10(14)6-7-11-13-8-4-2-3-5-9(8)15-11/h2-5H,6-7H2,1H3,(H,12,14). The molecule has 1 heterocycles. The molecule has 0 bridgehead atoms. The van der Waals surface area contributed by atoms with Gasteiger partial charge in [-0.1, -0.05) is 12.1 Å². The molecule has 0 saturated carbocycles. The highest BCUT2D eigenvalue weighted by Gasteiger charge is 2.05. The number of thiazole rings is 1. The molecule has 1 N–H and O–H groups in total. The number of aryl methyl sites for hydroxylation is 1. The van der Waals surface area contributed by atoms with Crippen molar-refractivity contribution in [2.45, 2.75) is 12.8 Å². The Bertz CT molecular complexity index is 445. The molecule has 0 atom stereocenters. The summed E-state index contributed by atoms with van der Waals surface area (Å²) in [4.78, 5) is 15.5. The van der Waals surface area contributed by atoms with Crippen molar-refractivity contribution in [3.63, 3.8) is 0 Å². The smallest absolute Gasteiger partial charge is 0.220 e. The lowest BCUT2D eigenvalue weighted by molar-refractivity contribution is -0.120. The number of carbonyl (C=O) groups excluding carboxylic acids is 1. The second kappa shape index (κ2) is 4.40. The summed E-state index contributed by atoms with van der Waals surface area (Å²) in [6.07, 6.45) is 1.23. The van der Waals surface area contributed by atoms with E-state index in [1.807, 2.05) is 18.2 Å². The van der Waals surface area contributed by atoms with Crippen molar-refractivity contribution in [1.29, 1.82) is 0 Å². The molecule has 1 aromatic heterocycles. The second-order valence-electron chi connectivity index (χ2n) is 3.25. The molecule has 0 spiro atoms. The zero-order chi connectivity index (χ0) is 10.7. The second-order valence-corrected chi connectivity index (χ2v) is 4.36. The number of nitrogens with one attached hydrogen (secondary N) is 1. The summed E-state index contributed by atoms with van der Waals surface area (Å²) in [5, 5.41) is 3.63. The molecular formula is C11H12N2OS. The van der Waals surface area contributed by atoms with Crippen LogP contribution in [0.25, 0.3) is 10.2 Å². The summed E-state index contributed by atoms with van der Waals surface area (Å²) in [6, 6.07) is 8.03. The van der Waals surface area contributed by atoms with E-state index in [1.165, 1.54) is 4.70 Å². The first-order chi connectivity index (χ1) is 7.29. The lowest BCUT2D eigenvalue weighted by Gasteiger charge is -1.95. The number of hydrogen-bond donors (Lipinski definition) is 1. The Balaban J connectivity index is 2.12. The molecule has 2 rings (SSSR count). The Morgan fingerprint density at radius 2 is 2.27 bits per heavy atom. The van der Waals surface area contributed by atoms with Crippen molar-refractivity contribution in [3.05, 3.63) is 29.3 Å². The lowest BCUT2D eigenvalue weighted by Crippen LogP contribution is -2.17. The number of aromatic nitrogens is 1. The average Bonchev–Trinajstić information content (AvgIpc) is 2.68. The van der Waals surface area contributed by atoms with E-state index in [1.54, 1.807) is 18.4 Å². The average molecular weight is 220 g/mol. The summed E-state index contributed by atoms with van der Waals surface area (Å²) < 4.78 is 1.18. The third-order valence-corrected chi connectivity index (χ3v) is 3.28. The molecule has 3 nitrogen and oxygen atoms in total. The van der Waals surface area contributed by atoms with E-state index in [-0.39, 0.29) is 5.91 Å². The van der Waals surface area contributed by atoms with Crippen LogP contribution in [0, 0.1) is 0 Å². The van der Waals surface area contributed by atoms with Gasteiger partial charge in [0.15, 0.2) is 0 Å². The molecule has 0 radical (unpaired) electrons. The molecule has 0 aliphatic carbocycles. The molecule has 15 heavy (non-hydrogen) atoms. The molecule has 0 unspecified atom stereocenters. The largest absolute Gasteiger partial charge is 0.359 e. The summed E-state index contributed by atoms with van der Waals surface area (Å²) in [5.74, 6) is 0.0641. The van der Waals surface area contributed by atoms with E-state index in [2.05, 4.69) is 16.4 Å². The van der Waals surface area contributed by atoms with Gasteiger partial charge in [-0.25, -0.2) is 4.98 Å². The summed E-state index contributed by atoms with van der Waals surface area (Å²) >= 11 is 1.66. The first-order valence-corrected chi connectivity index (χ1v) is 5.66. The summed E-state index contributed by atoms with van der Waals surface area (Å²) in [7, 11) is 1.65. The van der Waals surface area contributed by atoms with Crippen molar-refractivity contribution in [2.24, 2.45) is 0 Å². The van der Waals surface area contributed by atoms with E-state index in [9.17, 15) is 4.79 Å². The highest BCUT2D eigenvalue weighted by Crippen LogP contribution is 2.22. The van der Waals surface area contributed by atoms with Gasteiger partial charge in [-0.05, 0) is 12.1 Å². The molecular weight excluding hydrogens is 208 g/mol. The topological polar surface area (TPSA) is 42.0 Å². The van der Waals surface area contributed by atoms with Gasteiger partial charge in [-0.2, -0.15) is 0 Å². The van der Waals surface area contributed by atoms with Gasteiger partial charge in [-0.3, -0.25) is 4.79 Å². The fourth-order valence-corrected chi connectivity index (χ4v) is 2.34. The van der Waals surface area contributed by atoms with Gasteiger partial charge < -0.3 is 5.32 Å². The lowest BCUT2D eigenvalue weighted by atomic mass is 10.3. The van der Waals surface area contributed by atoms with Crippen LogP contribution >= 0.6 is 11.3 Å². The van der Waals surface area contributed by atoms with Crippen LogP contribution in [0.5, 0.6) is 0 Å². The molecule has 1 amide bonds. The molecule has 4 heteroatoms. The Morgan fingerprint density at radius 1 is 1.47 bits per heavy atom. The van der Waals surface area contributed by atoms with Crippen molar-refractivity contribution in [1.82, 2.24) is 10.3 Å². The third kappa shape index (κ3) is 2.33. The maximum Gasteiger partial charge on any atom is 0.220 e. The number of benzene rings is 1. The Labute approximate surface area is 92.1 Å². The van der Waals surface area contributed by atoms with Crippen LogP contribution in [0.15, 0.2) is 24.3 Å². The van der Waals surface area contributed by atoms with Crippen LogP contribution < -0.4 is 5.32 Å². The van der Waals surface area contributed by atoms with Crippen LogP contribution in [-0.2, 0) is 11.2 Å². The zero-order valence-corrected chi connectivity index (χ0v) is 9.30. The van der Waals surface area contributed by atoms with Gasteiger partial charge in [0.1, 0.15) is 0 Å². The molecule has 0 aliphatic heterocycles. The molecule has 78 valence electrons. The minimum atomic E-state index is 0.0641. The van der Waals surface area contributed by atoms with Crippen molar-refractivity contribution < 1.29 is 4.79 Å². The minimum absolute atomic E-state index is 0.0641. The quantitative estimate of drug-likeness (QED) is 0.859. The maximum absolute atomic E-state index is 11.1. The van der Waals surface area contributed by atoms with Crippen molar-refractivity contribution in [2.75, 3.05) is 7.05 Å². The molecule has 0 saturated heterocycles. The van der Waals surface area contributed by atoms with E-state index in [0.717, 1.165) is 16.9 Å². The first-order valence-electron chi connectivity index (χ1n) is 4.84. The first kappa shape index (κ1) is 10.1. The summed E-state index contributed by atoms with van der Waals surface area (Å²) in [6.45, 7) is 0. The Kier molecular flexibility index (Phi) is 2.97. The van der Waals surface area contributed by atoms with E-state index >= 15 is 0 Å². The maximum atomic E-state index is 11.1. The SMILES string of the molecule is CNC(=O)CCc1nc2ccccc2s1. The van der Waals surface area contributed by atoms with Gasteiger partial charge in [0, 0.05) is 19.9 Å². The van der Waals surface area contributed by atoms with Crippen LogP contribution in [0.3, 0.4) is 0 Å². The predicted octanol–water partition coefficient (Wildman–Crippen LogP) is 1.97. The van der Waals surface area contributed by atoms with Crippen molar-refractivity contribution >= 4 is 27.5 Å². The van der Waals surface area contributed by atoms with Crippen LogP contribution in [0.2, 0.25) is 0 Å². The fraction of sp³-hybridized carbons (Fsp3) is 0.273. The summed E-state index contributed by atoms with van der Waals surface area (Å²) in [5.41, 5.74) is 1.02. The predicted molar refractivity (Wildman–Crippen MR) is 62.0 cm³/mol. The highest BCUT2D eigenvalue weighted by molar-refractivity contribution is 7.18. The van der Waals surface area contributed by atoms with E-state index in [0.29, 0.717) is 6.42 Å². The van der Waals surface area contributed by atoms with Gasteiger partial charge in [-0.15, -0.1) is 11.3 Å². The normalized spacial score (nSPS) is 10.5. The number of para-hydroxylation sites is 1. The molecule has 1 aromatic carbocycles. The Hall–Kier alpha value is -1.42. The molecule has 2 aromatic rings.